The van der Waals surface area contributed by atoms with E-state index in [1.165, 1.54) is 39.4 Å². The third kappa shape index (κ3) is 3.71. The molecule has 0 N–H and O–H groups in total. The molecule has 1 aliphatic heterocycles. The van der Waals surface area contributed by atoms with Crippen LogP contribution in [0.4, 0.5) is 0 Å². The standard InChI is InChI=1S/C25H23BO2.Ra.Rb.H/c1-15-8-10-19-21-12-13-25(2,26)28-24(21)22-14-16(27-3)9-11-20(22)23(19)18-7-5-4-6-17(15)18;;;/h4-5,7,9,11-14H,8,10,26H2,1-3H3;;;. The molecule has 1 heterocycles. The molecule has 5 heteroatoms. The van der Waals surface area contributed by atoms with Crippen LogP contribution in [0.15, 0.2) is 42.5 Å². The van der Waals surface area contributed by atoms with Crippen molar-refractivity contribution in [1.29, 1.82) is 0 Å². The summed E-state index contributed by atoms with van der Waals surface area (Å²) in [5, 5.41) is 2.47. The first-order valence-electron chi connectivity index (χ1n) is 10.9. The molecule has 0 spiro atoms. The average molecular weight is 679 g/mol. The zero-order valence-corrected chi connectivity index (χ0v) is 32.0. The van der Waals surface area contributed by atoms with E-state index < -0.39 is 0 Å². The van der Waals surface area contributed by atoms with Crippen molar-refractivity contribution in [2.75, 3.05) is 7.11 Å². The molecule has 5 rings (SSSR count). The zero-order chi connectivity index (χ0) is 21.3. The van der Waals surface area contributed by atoms with Crippen LogP contribution in [0, 0.1) is 42.8 Å². The van der Waals surface area contributed by atoms with Crippen LogP contribution >= 0.6 is 0 Å². The van der Waals surface area contributed by atoms with E-state index in [1.807, 2.05) is 0 Å². The van der Waals surface area contributed by atoms with Gasteiger partial charge in [-0.3, -0.25) is 0 Å². The van der Waals surface area contributed by atoms with E-state index in [0.29, 0.717) is 96.8 Å². The summed E-state index contributed by atoms with van der Waals surface area (Å²) in [5.41, 5.74) is 7.02. The minimum absolute atomic E-state index is 0.304. The number of benzene rings is 3. The minimum atomic E-state index is -0.304. The van der Waals surface area contributed by atoms with Gasteiger partial charge in [-0.25, -0.2) is 0 Å². The fraction of sp³-hybridized carbons (Fsp3) is 0.280. The summed E-state index contributed by atoms with van der Waals surface area (Å²) in [7, 11) is 3.87. The van der Waals surface area contributed by atoms with E-state index >= 15 is 0 Å². The van der Waals surface area contributed by atoms with E-state index in [0.717, 1.165) is 17.9 Å². The summed E-state index contributed by atoms with van der Waals surface area (Å²) < 4.78 is 14.2. The van der Waals surface area contributed by atoms with Gasteiger partial charge in [-0.05, 0) is 0 Å². The fourth-order valence-corrected chi connectivity index (χ4v) is 17.4. The number of ether oxygens (including phenoxy) is 2. The van der Waals surface area contributed by atoms with Crippen molar-refractivity contribution in [3.05, 3.63) is 59.2 Å². The molecule has 2 nitrogen and oxygen atoms in total. The topological polar surface area (TPSA) is 18.5 Å². The Hall–Kier alpha value is 0.598. The Balaban J connectivity index is 1.96. The fourth-order valence-electron chi connectivity index (χ4n) is 5.41. The van der Waals surface area contributed by atoms with Gasteiger partial charge in [-0.1, -0.05) is 0 Å². The molecule has 0 fully saturated rings. The van der Waals surface area contributed by atoms with E-state index in [9.17, 15) is 0 Å². The molecule has 3 aromatic carbocycles. The zero-order valence-electron chi connectivity index (χ0n) is 18.8. The van der Waals surface area contributed by atoms with Crippen LogP contribution in [0.2, 0.25) is 0 Å². The molecule has 1 aliphatic carbocycles. The predicted molar refractivity (Wildman–Crippen MR) is 125 cm³/mol. The van der Waals surface area contributed by atoms with Gasteiger partial charge in [0.05, 0.1) is 0 Å². The average Bonchev–Trinajstić information content (AvgIpc) is 2.82. The van der Waals surface area contributed by atoms with Gasteiger partial charge in [0.15, 0.2) is 0 Å². The van der Waals surface area contributed by atoms with Crippen molar-refractivity contribution < 1.29 is 52.3 Å². The summed E-state index contributed by atoms with van der Waals surface area (Å²) in [6, 6.07) is 13.6. The number of hydrogen-bond acceptors (Lipinski definition) is 2. The van der Waals surface area contributed by atoms with Gasteiger partial charge in [0, 0.05) is 0 Å². The van der Waals surface area contributed by atoms with Crippen LogP contribution in [-0.4, -0.2) is 76.0 Å². The second-order valence-electron chi connectivity index (χ2n) is 9.93. The van der Waals surface area contributed by atoms with Gasteiger partial charge in [0.2, 0.25) is 0 Å². The van der Waals surface area contributed by atoms with Gasteiger partial charge in [-0.2, -0.15) is 0 Å². The SMILES string of the molecule is BC1(C)C=Cc2c3c(c4ccc(OC)cc4c2O1)-c1ccc[c]([RaH])c1[C](C)([Rb])CC3. The molecule has 142 valence electrons. The van der Waals surface area contributed by atoms with Gasteiger partial charge in [-0.15, -0.1) is 0 Å². The summed E-state index contributed by atoms with van der Waals surface area (Å²) >= 11 is 0.835. The Morgan fingerprint density at radius 1 is 1.17 bits per heavy atom. The van der Waals surface area contributed by atoms with Gasteiger partial charge >= 0.3 is 253 Å². The molecule has 0 radical (unpaired) electrons. The molecule has 0 saturated heterocycles. The molecular formula is C25H24BO2RaRb. The van der Waals surface area contributed by atoms with Crippen LogP contribution in [0.3, 0.4) is 0 Å². The van der Waals surface area contributed by atoms with Crippen molar-refractivity contribution in [2.24, 2.45) is 0 Å². The number of methoxy groups -OCH3 is 1. The van der Waals surface area contributed by atoms with Gasteiger partial charge in [0.25, 0.3) is 0 Å². The number of hydrogen-bond donors (Lipinski definition) is 0. The quantitative estimate of drug-likeness (QED) is 0.368. The number of rotatable bonds is 1. The van der Waals surface area contributed by atoms with Crippen LogP contribution in [0.1, 0.15) is 37.0 Å². The molecular weight excluding hydrogens is 655 g/mol. The van der Waals surface area contributed by atoms with Crippen molar-refractivity contribution in [3.8, 4) is 22.6 Å². The van der Waals surface area contributed by atoms with E-state index in [-0.39, 0.29) is 5.50 Å². The van der Waals surface area contributed by atoms with Crippen molar-refractivity contribution >= 4 is 80.8 Å². The summed E-state index contributed by atoms with van der Waals surface area (Å²) in [6.07, 6.45) is 6.89. The molecule has 0 bridgehead atoms. The predicted octanol–water partition coefficient (Wildman–Crippen LogP) is 3.51. The molecule has 2 aliphatic rings. The Morgan fingerprint density at radius 3 is 2.73 bits per heavy atom. The van der Waals surface area contributed by atoms with Crippen molar-refractivity contribution in [2.45, 2.75) is 30.7 Å². The monoisotopic (exact) mass is 678 g/mol. The summed E-state index contributed by atoms with van der Waals surface area (Å²) in [5.74, 6) is 1.90. The van der Waals surface area contributed by atoms with Gasteiger partial charge < -0.3 is 0 Å². The van der Waals surface area contributed by atoms with Crippen LogP contribution in [0.5, 0.6) is 11.5 Å². The maximum atomic E-state index is 6.58. The first kappa shape index (κ1) is 22.4. The van der Waals surface area contributed by atoms with E-state index in [1.54, 1.807) is 13.3 Å². The van der Waals surface area contributed by atoms with Crippen molar-refractivity contribution in [3.63, 3.8) is 0 Å². The molecule has 3 aromatic rings. The Labute approximate surface area is 248 Å². The van der Waals surface area contributed by atoms with E-state index in [4.69, 9.17) is 9.47 Å². The molecule has 0 amide bonds. The van der Waals surface area contributed by atoms with Gasteiger partial charge in [0.1, 0.15) is 0 Å². The third-order valence-corrected chi connectivity index (χ3v) is 12.7. The molecule has 2 unspecified atom stereocenters. The first-order chi connectivity index (χ1) is 14.2. The van der Waals surface area contributed by atoms with Crippen LogP contribution < -0.4 is 10.1 Å². The Kier molecular flexibility index (Phi) is 6.06. The number of fused-ring (bicyclic) bond motifs is 8. The summed E-state index contributed by atoms with van der Waals surface area (Å²) in [6.45, 7) is 4.65. The van der Waals surface area contributed by atoms with Crippen LogP contribution in [-0.2, 0) is 4.90 Å². The molecule has 0 aromatic heterocycles. The second kappa shape index (κ2) is 8.12. The molecule has 30 heavy (non-hydrogen) atoms. The normalized spacial score (nSPS) is 24.4. The third-order valence-electron chi connectivity index (χ3n) is 6.85. The second-order valence-corrected chi connectivity index (χ2v) is 19.8. The maximum absolute atomic E-state index is 6.58. The van der Waals surface area contributed by atoms with Crippen LogP contribution in [0.25, 0.3) is 28.0 Å². The Bertz CT molecular complexity index is 1230. The first-order valence-corrected chi connectivity index (χ1v) is 17.4. The van der Waals surface area contributed by atoms with Crippen molar-refractivity contribution in [1.82, 2.24) is 0 Å². The summed E-state index contributed by atoms with van der Waals surface area (Å²) in [4.78, 5) is 0. The molecule has 0 saturated carbocycles. The molecule has 2 atom stereocenters. The Morgan fingerprint density at radius 2 is 1.97 bits per heavy atom. The van der Waals surface area contributed by atoms with E-state index in [2.05, 4.69) is 70.2 Å².